The van der Waals surface area contributed by atoms with Crippen LogP contribution < -0.4 is 11.1 Å². The number of thiophene rings is 2. The number of halogens is 3. The van der Waals surface area contributed by atoms with Crippen molar-refractivity contribution in [2.24, 2.45) is 5.73 Å². The van der Waals surface area contributed by atoms with E-state index in [1.165, 1.54) is 35.9 Å². The smallest absolute Gasteiger partial charge is 0.138 e. The molecule has 3 aromatic rings. The Morgan fingerprint density at radius 2 is 2.22 bits per heavy atom. The number of nitrogens with zero attached hydrogens (tertiary/aromatic N) is 1. The molecule has 23 heavy (non-hydrogen) atoms. The zero-order chi connectivity index (χ0) is 16.6. The van der Waals surface area contributed by atoms with Gasteiger partial charge in [-0.1, -0.05) is 0 Å². The number of nitrogens with two attached hydrogens (primary N) is 1. The van der Waals surface area contributed by atoms with Crippen LogP contribution in [0.25, 0.3) is 10.2 Å². The highest BCUT2D eigenvalue weighted by atomic mass is 79.9. The summed E-state index contributed by atoms with van der Waals surface area (Å²) in [4.78, 5) is 1.65. The lowest BCUT2D eigenvalue weighted by atomic mass is 10.1. The van der Waals surface area contributed by atoms with Crippen molar-refractivity contribution in [2.75, 3.05) is 5.32 Å². The van der Waals surface area contributed by atoms with Crippen molar-refractivity contribution in [3.05, 3.63) is 31.5 Å². The molecule has 0 spiro atoms. The van der Waals surface area contributed by atoms with E-state index in [2.05, 4.69) is 25.6 Å². The van der Waals surface area contributed by atoms with Crippen molar-refractivity contribution < 1.29 is 8.78 Å². The first kappa shape index (κ1) is 17.2. The molecule has 3 rings (SSSR count). The summed E-state index contributed by atoms with van der Waals surface area (Å²) < 4.78 is 33.1. The lowest BCUT2D eigenvalue weighted by molar-refractivity contribution is 0.305. The molecule has 0 bridgehead atoms. The third kappa shape index (κ3) is 3.58. The third-order valence-corrected chi connectivity index (χ3v) is 7.60. The van der Waals surface area contributed by atoms with Crippen LogP contribution in [0.5, 0.6) is 0 Å². The molecule has 124 valence electrons. The van der Waals surface area contributed by atoms with Gasteiger partial charge in [-0.25, -0.2) is 8.78 Å². The predicted molar refractivity (Wildman–Crippen MR) is 99.1 cm³/mol. The van der Waals surface area contributed by atoms with Gasteiger partial charge in [0.2, 0.25) is 0 Å². The molecule has 0 unspecified atom stereocenters. The van der Waals surface area contributed by atoms with Gasteiger partial charge in [-0.2, -0.15) is 4.37 Å². The van der Waals surface area contributed by atoms with Gasteiger partial charge >= 0.3 is 0 Å². The van der Waals surface area contributed by atoms with Gasteiger partial charge in [0.1, 0.15) is 22.5 Å². The number of fused-ring (bicyclic) bond motifs is 1. The zero-order valence-electron chi connectivity index (χ0n) is 12.1. The van der Waals surface area contributed by atoms with Gasteiger partial charge in [0.05, 0.1) is 20.6 Å². The summed E-state index contributed by atoms with van der Waals surface area (Å²) in [5.74, 6) is -0.195. The molecule has 3 N–H and O–H groups in total. The maximum atomic E-state index is 13.5. The average Bonchev–Trinajstić information content (AvgIpc) is 3.16. The lowest BCUT2D eigenvalue weighted by Crippen LogP contribution is -2.31. The molecule has 9 heteroatoms. The molecule has 0 saturated heterocycles. The number of anilines is 1. The summed E-state index contributed by atoms with van der Waals surface area (Å²) in [6.45, 7) is 1.89. The Labute approximate surface area is 152 Å². The predicted octanol–water partition coefficient (Wildman–Crippen LogP) is 5.16. The summed E-state index contributed by atoms with van der Waals surface area (Å²) >= 11 is 7.80. The third-order valence-electron chi connectivity index (χ3n) is 3.44. The highest BCUT2D eigenvalue weighted by molar-refractivity contribution is 9.10. The second-order valence-electron chi connectivity index (χ2n) is 5.12. The summed E-state index contributed by atoms with van der Waals surface area (Å²) in [7, 11) is 0. The highest BCUT2D eigenvalue weighted by Crippen LogP contribution is 2.42. The first-order valence-corrected chi connectivity index (χ1v) is 10.2. The Morgan fingerprint density at radius 1 is 1.43 bits per heavy atom. The zero-order valence-corrected chi connectivity index (χ0v) is 16.1. The van der Waals surface area contributed by atoms with Gasteiger partial charge < -0.3 is 11.1 Å². The molecular formula is C14H14BrF2N3S3. The number of rotatable bonds is 6. The Morgan fingerprint density at radius 3 is 2.87 bits per heavy atom. The van der Waals surface area contributed by atoms with E-state index in [1.54, 1.807) is 16.7 Å². The Kier molecular flexibility index (Phi) is 5.32. The number of hydrogen-bond acceptors (Lipinski definition) is 6. The molecule has 0 aromatic carbocycles. The van der Waals surface area contributed by atoms with Crippen LogP contribution in [-0.4, -0.2) is 16.6 Å². The standard InChI is InChI=1S/C14H14BrF2N3S3/c1-6(16)8(18)4-9-11(15)12-13(22-9)14(23-20-12)19-5-10-7(17)2-3-21-10/h2-3,6,8,19H,4-5,18H2,1H3/t6-,8+/m0/s1. The van der Waals surface area contributed by atoms with E-state index in [-0.39, 0.29) is 5.82 Å². The molecule has 0 saturated carbocycles. The minimum Gasteiger partial charge on any atom is -0.369 e. The number of aromatic nitrogens is 1. The Hall–Kier alpha value is -0.610. The van der Waals surface area contributed by atoms with Crippen LogP contribution in [0.1, 0.15) is 16.7 Å². The molecule has 2 atom stereocenters. The van der Waals surface area contributed by atoms with Crippen molar-refractivity contribution in [3.8, 4) is 0 Å². The molecule has 3 aromatic heterocycles. The van der Waals surface area contributed by atoms with Crippen molar-refractivity contribution in [2.45, 2.75) is 32.1 Å². The lowest BCUT2D eigenvalue weighted by Gasteiger charge is -2.11. The van der Waals surface area contributed by atoms with Crippen LogP contribution in [0.4, 0.5) is 13.8 Å². The summed E-state index contributed by atoms with van der Waals surface area (Å²) in [6.07, 6.45) is -0.600. The van der Waals surface area contributed by atoms with Gasteiger partial charge in [0, 0.05) is 17.3 Å². The van der Waals surface area contributed by atoms with E-state index in [1.807, 2.05) is 0 Å². The van der Waals surface area contributed by atoms with Gasteiger partial charge in [-0.05, 0) is 45.8 Å². The van der Waals surface area contributed by atoms with E-state index in [4.69, 9.17) is 5.73 Å². The fraction of sp³-hybridized carbons (Fsp3) is 0.357. The average molecular weight is 438 g/mol. The molecule has 0 aliphatic heterocycles. The van der Waals surface area contributed by atoms with Crippen LogP contribution in [0.2, 0.25) is 0 Å². The number of hydrogen-bond donors (Lipinski definition) is 2. The fourth-order valence-electron chi connectivity index (χ4n) is 2.05. The minimum absolute atomic E-state index is 0.195. The normalized spacial score (nSPS) is 14.3. The second kappa shape index (κ2) is 7.10. The first-order chi connectivity index (χ1) is 11.0. The molecule has 3 nitrogen and oxygen atoms in total. The minimum atomic E-state index is -1.06. The molecule has 3 heterocycles. The summed E-state index contributed by atoms with van der Waals surface area (Å²) in [6, 6.07) is 0.929. The van der Waals surface area contributed by atoms with Crippen molar-refractivity contribution in [1.29, 1.82) is 0 Å². The Balaban J connectivity index is 1.81. The van der Waals surface area contributed by atoms with E-state index in [9.17, 15) is 8.78 Å². The summed E-state index contributed by atoms with van der Waals surface area (Å²) in [5.41, 5.74) is 6.67. The van der Waals surface area contributed by atoms with Crippen molar-refractivity contribution in [1.82, 2.24) is 4.37 Å². The van der Waals surface area contributed by atoms with Crippen molar-refractivity contribution in [3.63, 3.8) is 0 Å². The van der Waals surface area contributed by atoms with Crippen LogP contribution in [-0.2, 0) is 13.0 Å². The van der Waals surface area contributed by atoms with E-state index < -0.39 is 12.2 Å². The van der Waals surface area contributed by atoms with E-state index in [0.29, 0.717) is 17.8 Å². The van der Waals surface area contributed by atoms with Crippen LogP contribution in [0.3, 0.4) is 0 Å². The van der Waals surface area contributed by atoms with Gasteiger partial charge in [0.15, 0.2) is 0 Å². The van der Waals surface area contributed by atoms with Gasteiger partial charge in [-0.3, -0.25) is 0 Å². The van der Waals surface area contributed by atoms with E-state index >= 15 is 0 Å². The van der Waals surface area contributed by atoms with Gasteiger partial charge in [-0.15, -0.1) is 22.7 Å². The topological polar surface area (TPSA) is 50.9 Å². The van der Waals surface area contributed by atoms with Crippen molar-refractivity contribution >= 4 is 65.4 Å². The molecule has 0 aliphatic carbocycles. The van der Waals surface area contributed by atoms with Crippen LogP contribution in [0, 0.1) is 5.82 Å². The maximum absolute atomic E-state index is 13.5. The molecule has 0 fully saturated rings. The van der Waals surface area contributed by atoms with E-state index in [0.717, 1.165) is 24.6 Å². The second-order valence-corrected chi connectivity index (χ2v) is 8.79. The largest absolute Gasteiger partial charge is 0.369 e. The molecule has 0 aliphatic rings. The van der Waals surface area contributed by atoms with Gasteiger partial charge in [0.25, 0.3) is 0 Å². The monoisotopic (exact) mass is 437 g/mol. The molecule has 0 amide bonds. The first-order valence-electron chi connectivity index (χ1n) is 6.89. The molecule has 0 radical (unpaired) electrons. The number of alkyl halides is 1. The Bertz CT molecular complexity index is 812. The highest BCUT2D eigenvalue weighted by Gasteiger charge is 2.20. The van der Waals surface area contributed by atoms with Crippen LogP contribution in [0.15, 0.2) is 15.9 Å². The fourth-order valence-corrected chi connectivity index (χ4v) is 5.77. The quantitative estimate of drug-likeness (QED) is 0.559. The SMILES string of the molecule is C[C@H](F)[C@H](N)Cc1sc2c(NCc3sccc3F)snc2c1Br. The maximum Gasteiger partial charge on any atom is 0.138 e. The van der Waals surface area contributed by atoms with Crippen LogP contribution >= 0.6 is 50.1 Å². The number of nitrogens with one attached hydrogen (secondary N) is 1. The molecular weight excluding hydrogens is 424 g/mol. The summed E-state index contributed by atoms with van der Waals surface area (Å²) in [5, 5.41) is 5.86.